The Balaban J connectivity index is 1.79. The van der Waals surface area contributed by atoms with E-state index in [1.165, 1.54) is 23.3 Å². The van der Waals surface area contributed by atoms with Crippen molar-refractivity contribution in [2.45, 2.75) is 25.3 Å². The molecule has 1 N–H and O–H groups in total. The Morgan fingerprint density at radius 3 is 2.38 bits per heavy atom. The molecule has 0 atom stereocenters. The van der Waals surface area contributed by atoms with Crippen LogP contribution >= 0.6 is 23.2 Å². The third-order valence-electron chi connectivity index (χ3n) is 3.69. The third-order valence-corrected chi connectivity index (χ3v) is 4.10. The molecule has 1 aliphatic carbocycles. The number of hydrogen-bond donors (Lipinski definition) is 1. The van der Waals surface area contributed by atoms with Crippen LogP contribution in [-0.2, 0) is 12.8 Å². The lowest BCUT2D eigenvalue weighted by atomic mass is 9.98. The van der Waals surface area contributed by atoms with Gasteiger partial charge in [-0.3, -0.25) is 4.79 Å². The van der Waals surface area contributed by atoms with Crippen molar-refractivity contribution in [2.24, 2.45) is 0 Å². The number of pyridine rings is 1. The summed E-state index contributed by atoms with van der Waals surface area (Å²) in [7, 11) is 0. The number of halogens is 2. The molecule has 1 heterocycles. The number of nitrogens with zero attached hydrogens (tertiary/aromatic N) is 1. The van der Waals surface area contributed by atoms with Crippen LogP contribution in [0, 0.1) is 0 Å². The normalized spacial score (nSPS) is 15.6. The van der Waals surface area contributed by atoms with Crippen molar-refractivity contribution in [3.05, 3.63) is 63.4 Å². The van der Waals surface area contributed by atoms with Crippen molar-refractivity contribution >= 4 is 29.1 Å². The molecule has 0 saturated heterocycles. The number of aromatic nitrogens is 1. The molecular weight excluding hydrogens is 307 g/mol. The minimum Gasteiger partial charge on any atom is -0.345 e. The number of nitrogens with one attached hydrogen (secondary N) is 1. The van der Waals surface area contributed by atoms with Gasteiger partial charge in [0, 0.05) is 10.6 Å². The highest BCUT2D eigenvalue weighted by atomic mass is 35.5. The van der Waals surface area contributed by atoms with Crippen LogP contribution in [0.4, 0.5) is 0 Å². The van der Waals surface area contributed by atoms with Gasteiger partial charge in [0.05, 0.1) is 0 Å². The number of rotatable bonds is 2. The van der Waals surface area contributed by atoms with Gasteiger partial charge in [0.15, 0.2) is 0 Å². The standard InChI is InChI=1S/C16H14Cl2N2O/c1-16(8-10-4-2-3-5-11(10)9-16)20-15(21)13-6-12(17)7-14(18)19-13/h2-7H,8-9H2,1H3,(H,20,21). The number of carbonyl (C=O) groups is 1. The Bertz CT molecular complexity index is 670. The second kappa shape index (κ2) is 5.32. The molecule has 0 radical (unpaired) electrons. The van der Waals surface area contributed by atoms with Crippen LogP contribution in [0.5, 0.6) is 0 Å². The fraction of sp³-hybridized carbons (Fsp3) is 0.250. The highest BCUT2D eigenvalue weighted by Gasteiger charge is 2.34. The summed E-state index contributed by atoms with van der Waals surface area (Å²) in [5.41, 5.74) is 2.48. The van der Waals surface area contributed by atoms with Crippen LogP contribution in [0.1, 0.15) is 28.5 Å². The number of fused-ring (bicyclic) bond motifs is 1. The van der Waals surface area contributed by atoms with Crippen LogP contribution in [0.2, 0.25) is 10.2 Å². The molecular formula is C16H14Cl2N2O. The summed E-state index contributed by atoms with van der Waals surface area (Å²) >= 11 is 11.8. The molecule has 0 saturated carbocycles. The fourth-order valence-electron chi connectivity index (χ4n) is 2.81. The van der Waals surface area contributed by atoms with E-state index >= 15 is 0 Å². The van der Waals surface area contributed by atoms with Gasteiger partial charge >= 0.3 is 0 Å². The Morgan fingerprint density at radius 2 is 1.81 bits per heavy atom. The molecule has 3 rings (SSSR count). The first-order valence-electron chi connectivity index (χ1n) is 6.68. The first-order chi connectivity index (χ1) is 9.95. The zero-order valence-corrected chi connectivity index (χ0v) is 13.0. The van der Waals surface area contributed by atoms with Crippen molar-refractivity contribution in [1.29, 1.82) is 0 Å². The highest BCUT2D eigenvalue weighted by Crippen LogP contribution is 2.30. The van der Waals surface area contributed by atoms with Crippen LogP contribution in [0.25, 0.3) is 0 Å². The van der Waals surface area contributed by atoms with Gasteiger partial charge in [-0.2, -0.15) is 0 Å². The zero-order chi connectivity index (χ0) is 15.0. The Labute approximate surface area is 133 Å². The maximum absolute atomic E-state index is 12.4. The molecule has 1 aromatic carbocycles. The molecule has 3 nitrogen and oxygen atoms in total. The van der Waals surface area contributed by atoms with Gasteiger partial charge in [0.25, 0.3) is 5.91 Å². The molecule has 1 aromatic heterocycles. The van der Waals surface area contributed by atoms with Crippen molar-refractivity contribution in [3.63, 3.8) is 0 Å². The van der Waals surface area contributed by atoms with E-state index in [-0.39, 0.29) is 22.3 Å². The van der Waals surface area contributed by atoms with E-state index in [0.717, 1.165) is 12.8 Å². The molecule has 5 heteroatoms. The van der Waals surface area contributed by atoms with Crippen LogP contribution in [0.15, 0.2) is 36.4 Å². The zero-order valence-electron chi connectivity index (χ0n) is 11.5. The number of amides is 1. The number of carbonyl (C=O) groups excluding carboxylic acids is 1. The average molecular weight is 321 g/mol. The van der Waals surface area contributed by atoms with Crippen LogP contribution in [0.3, 0.4) is 0 Å². The average Bonchev–Trinajstić information content (AvgIpc) is 2.73. The van der Waals surface area contributed by atoms with Gasteiger partial charge in [-0.15, -0.1) is 0 Å². The minimum absolute atomic E-state index is 0.215. The van der Waals surface area contributed by atoms with E-state index in [1.807, 2.05) is 19.1 Å². The van der Waals surface area contributed by atoms with Gasteiger partial charge in [-0.05, 0) is 43.0 Å². The summed E-state index contributed by atoms with van der Waals surface area (Å²) in [5.74, 6) is -0.255. The molecule has 0 bridgehead atoms. The van der Waals surface area contributed by atoms with E-state index < -0.39 is 0 Å². The predicted octanol–water partition coefficient (Wildman–Crippen LogP) is 3.68. The van der Waals surface area contributed by atoms with Gasteiger partial charge in [0.1, 0.15) is 10.8 Å². The van der Waals surface area contributed by atoms with Gasteiger partial charge in [0.2, 0.25) is 0 Å². The Kier molecular flexibility index (Phi) is 3.64. The van der Waals surface area contributed by atoms with E-state index in [9.17, 15) is 4.79 Å². The highest BCUT2D eigenvalue weighted by molar-refractivity contribution is 6.34. The molecule has 0 spiro atoms. The van der Waals surface area contributed by atoms with Gasteiger partial charge in [-0.1, -0.05) is 47.5 Å². The van der Waals surface area contributed by atoms with Gasteiger partial charge in [-0.25, -0.2) is 4.98 Å². The number of hydrogen-bond acceptors (Lipinski definition) is 2. The van der Waals surface area contributed by atoms with Gasteiger partial charge < -0.3 is 5.32 Å². The maximum Gasteiger partial charge on any atom is 0.270 e. The SMILES string of the molecule is CC1(NC(=O)c2cc(Cl)cc(Cl)n2)Cc2ccccc2C1. The topological polar surface area (TPSA) is 42.0 Å². The lowest BCUT2D eigenvalue weighted by Gasteiger charge is -2.25. The van der Waals surface area contributed by atoms with Crippen LogP contribution < -0.4 is 5.32 Å². The quantitative estimate of drug-likeness (QED) is 0.858. The van der Waals surface area contributed by atoms with Crippen molar-refractivity contribution in [2.75, 3.05) is 0 Å². The van der Waals surface area contributed by atoms with Crippen LogP contribution in [-0.4, -0.2) is 16.4 Å². The minimum atomic E-state index is -0.308. The maximum atomic E-state index is 12.4. The van der Waals surface area contributed by atoms with E-state index in [0.29, 0.717) is 5.02 Å². The van der Waals surface area contributed by atoms with Crippen molar-refractivity contribution in [3.8, 4) is 0 Å². The molecule has 1 amide bonds. The number of benzene rings is 1. The molecule has 108 valence electrons. The fourth-order valence-corrected chi connectivity index (χ4v) is 3.29. The lowest BCUT2D eigenvalue weighted by molar-refractivity contribution is 0.0904. The smallest absolute Gasteiger partial charge is 0.270 e. The van der Waals surface area contributed by atoms with E-state index in [1.54, 1.807) is 0 Å². The molecule has 1 aliphatic rings. The molecule has 0 fully saturated rings. The third kappa shape index (κ3) is 3.04. The summed E-state index contributed by atoms with van der Waals surface area (Å²) in [6.07, 6.45) is 1.62. The van der Waals surface area contributed by atoms with E-state index in [4.69, 9.17) is 23.2 Å². The molecule has 0 unspecified atom stereocenters. The summed E-state index contributed by atoms with van der Waals surface area (Å²) in [6, 6.07) is 11.3. The lowest BCUT2D eigenvalue weighted by Crippen LogP contribution is -2.47. The van der Waals surface area contributed by atoms with Crippen molar-refractivity contribution in [1.82, 2.24) is 10.3 Å². The summed E-state index contributed by atoms with van der Waals surface area (Å²) in [5, 5.41) is 3.67. The summed E-state index contributed by atoms with van der Waals surface area (Å²) < 4.78 is 0. The Morgan fingerprint density at radius 1 is 1.19 bits per heavy atom. The molecule has 2 aromatic rings. The van der Waals surface area contributed by atoms with E-state index in [2.05, 4.69) is 22.4 Å². The molecule has 0 aliphatic heterocycles. The first kappa shape index (κ1) is 14.4. The predicted molar refractivity (Wildman–Crippen MR) is 84.0 cm³/mol. The Hall–Kier alpha value is -1.58. The first-order valence-corrected chi connectivity index (χ1v) is 7.43. The second-order valence-corrected chi connectivity index (χ2v) is 6.45. The summed E-state index contributed by atoms with van der Waals surface area (Å²) in [4.78, 5) is 16.4. The monoisotopic (exact) mass is 320 g/mol. The molecule has 21 heavy (non-hydrogen) atoms. The largest absolute Gasteiger partial charge is 0.345 e. The van der Waals surface area contributed by atoms with Crippen molar-refractivity contribution < 1.29 is 4.79 Å². The summed E-state index contributed by atoms with van der Waals surface area (Å²) in [6.45, 7) is 2.04. The second-order valence-electron chi connectivity index (χ2n) is 5.63.